The van der Waals surface area contributed by atoms with E-state index < -0.39 is 0 Å². The molecule has 0 saturated carbocycles. The molecule has 0 aliphatic carbocycles. The Morgan fingerprint density at radius 2 is 1.94 bits per heavy atom. The Morgan fingerprint density at radius 3 is 2.39 bits per heavy atom. The number of hydrogen-bond acceptors (Lipinski definition) is 3. The van der Waals surface area contributed by atoms with E-state index in [-0.39, 0.29) is 24.4 Å². The molecule has 0 aliphatic heterocycles. The normalized spacial score (nSPS) is 11.3. The van der Waals surface area contributed by atoms with Crippen LogP contribution in [0.5, 0.6) is 0 Å². The summed E-state index contributed by atoms with van der Waals surface area (Å²) in [5.41, 5.74) is 6.91. The zero-order valence-electron chi connectivity index (χ0n) is 10.5. The predicted octanol–water partition coefficient (Wildman–Crippen LogP) is 1.69. The van der Waals surface area contributed by atoms with Gasteiger partial charge in [-0.15, -0.1) is 12.4 Å². The summed E-state index contributed by atoms with van der Waals surface area (Å²) in [7, 11) is 0. The molecule has 0 radical (unpaired) electrons. The molecule has 1 aromatic carbocycles. The van der Waals surface area contributed by atoms with Crippen LogP contribution in [0.2, 0.25) is 0 Å². The fourth-order valence-electron chi connectivity index (χ4n) is 1.24. The monoisotopic (exact) mass is 267 g/mol. The summed E-state index contributed by atoms with van der Waals surface area (Å²) in [5, 5.41) is 11.4. The van der Waals surface area contributed by atoms with Crippen molar-refractivity contribution in [2.24, 2.45) is 11.7 Å². The second kappa shape index (κ2) is 7.70. The van der Waals surface area contributed by atoms with Gasteiger partial charge in [-0.2, -0.15) is 5.26 Å². The van der Waals surface area contributed by atoms with Gasteiger partial charge in [0, 0.05) is 18.2 Å². The van der Waals surface area contributed by atoms with Crippen LogP contribution in [0.15, 0.2) is 24.3 Å². The van der Waals surface area contributed by atoms with Crippen molar-refractivity contribution < 1.29 is 4.79 Å². The van der Waals surface area contributed by atoms with Crippen LogP contribution < -0.4 is 11.1 Å². The molecular formula is C13H18ClN3O. The lowest BCUT2D eigenvalue weighted by Gasteiger charge is -2.16. The average molecular weight is 268 g/mol. The van der Waals surface area contributed by atoms with Gasteiger partial charge in [0.15, 0.2) is 0 Å². The number of benzene rings is 1. The van der Waals surface area contributed by atoms with E-state index in [9.17, 15) is 4.79 Å². The molecule has 3 N–H and O–H groups in total. The molecule has 1 aromatic rings. The summed E-state index contributed by atoms with van der Waals surface area (Å²) in [6.07, 6.45) is 0. The molecule has 0 fully saturated rings. The second-order valence-corrected chi connectivity index (χ2v) is 4.31. The van der Waals surface area contributed by atoms with Crippen molar-refractivity contribution in [2.75, 3.05) is 6.54 Å². The van der Waals surface area contributed by atoms with Crippen LogP contribution in [0.25, 0.3) is 0 Å². The van der Waals surface area contributed by atoms with Crippen LogP contribution in [0, 0.1) is 17.2 Å². The fourth-order valence-corrected chi connectivity index (χ4v) is 1.24. The highest BCUT2D eigenvalue weighted by Gasteiger charge is 2.10. The molecule has 5 heteroatoms. The van der Waals surface area contributed by atoms with Gasteiger partial charge in [0.25, 0.3) is 5.91 Å². The molecule has 1 atom stereocenters. The Morgan fingerprint density at radius 1 is 1.39 bits per heavy atom. The summed E-state index contributed by atoms with van der Waals surface area (Å²) in [4.78, 5) is 11.7. The first-order valence-electron chi connectivity index (χ1n) is 5.58. The van der Waals surface area contributed by atoms with E-state index in [1.165, 1.54) is 0 Å². The summed E-state index contributed by atoms with van der Waals surface area (Å²) < 4.78 is 0. The third-order valence-corrected chi connectivity index (χ3v) is 2.63. The summed E-state index contributed by atoms with van der Waals surface area (Å²) in [6.45, 7) is 4.48. The van der Waals surface area contributed by atoms with E-state index in [0.29, 0.717) is 23.6 Å². The van der Waals surface area contributed by atoms with Gasteiger partial charge in [-0.3, -0.25) is 4.79 Å². The van der Waals surface area contributed by atoms with E-state index in [1.807, 2.05) is 19.9 Å². The lowest BCUT2D eigenvalue weighted by Crippen LogP contribution is -2.40. The largest absolute Gasteiger partial charge is 0.350 e. The number of nitriles is 1. The van der Waals surface area contributed by atoms with Crippen LogP contribution in [0.4, 0.5) is 0 Å². The van der Waals surface area contributed by atoms with E-state index in [0.717, 1.165) is 0 Å². The zero-order valence-corrected chi connectivity index (χ0v) is 11.3. The molecule has 1 rings (SSSR count). The highest BCUT2D eigenvalue weighted by molar-refractivity contribution is 5.94. The van der Waals surface area contributed by atoms with Crippen molar-refractivity contribution in [1.29, 1.82) is 5.26 Å². The minimum Gasteiger partial charge on any atom is -0.350 e. The van der Waals surface area contributed by atoms with Gasteiger partial charge in [0.05, 0.1) is 11.6 Å². The molecule has 0 bridgehead atoms. The van der Waals surface area contributed by atoms with E-state index in [4.69, 9.17) is 11.0 Å². The van der Waals surface area contributed by atoms with Gasteiger partial charge in [-0.25, -0.2) is 0 Å². The number of amides is 1. The SMILES string of the molecule is CC(C)[C@@H](N)CNC(=O)c1ccc(C#N)cc1.Cl. The molecule has 0 unspecified atom stereocenters. The van der Waals surface area contributed by atoms with E-state index >= 15 is 0 Å². The molecule has 98 valence electrons. The zero-order chi connectivity index (χ0) is 12.8. The van der Waals surface area contributed by atoms with E-state index in [2.05, 4.69) is 5.32 Å². The Balaban J connectivity index is 0.00000289. The van der Waals surface area contributed by atoms with Crippen molar-refractivity contribution in [3.8, 4) is 6.07 Å². The Labute approximate surface area is 114 Å². The number of rotatable bonds is 4. The van der Waals surface area contributed by atoms with Gasteiger partial charge in [-0.1, -0.05) is 13.8 Å². The first-order valence-corrected chi connectivity index (χ1v) is 5.58. The number of carbonyl (C=O) groups excluding carboxylic acids is 1. The summed E-state index contributed by atoms with van der Waals surface area (Å²) in [6, 6.07) is 8.47. The maximum Gasteiger partial charge on any atom is 0.251 e. The number of nitrogens with zero attached hydrogens (tertiary/aromatic N) is 1. The average Bonchev–Trinajstić information content (AvgIpc) is 2.35. The number of halogens is 1. The third-order valence-electron chi connectivity index (χ3n) is 2.63. The molecule has 4 nitrogen and oxygen atoms in total. The van der Waals surface area contributed by atoms with Crippen molar-refractivity contribution >= 4 is 18.3 Å². The van der Waals surface area contributed by atoms with Gasteiger partial charge in [0.2, 0.25) is 0 Å². The minimum atomic E-state index is -0.161. The van der Waals surface area contributed by atoms with Crippen LogP contribution in [-0.2, 0) is 0 Å². The molecule has 0 saturated heterocycles. The van der Waals surface area contributed by atoms with Crippen LogP contribution in [0.3, 0.4) is 0 Å². The van der Waals surface area contributed by atoms with Gasteiger partial charge < -0.3 is 11.1 Å². The smallest absolute Gasteiger partial charge is 0.251 e. The van der Waals surface area contributed by atoms with Crippen molar-refractivity contribution in [3.63, 3.8) is 0 Å². The van der Waals surface area contributed by atoms with Gasteiger partial charge in [0.1, 0.15) is 0 Å². The number of hydrogen-bond donors (Lipinski definition) is 2. The van der Waals surface area contributed by atoms with Crippen molar-refractivity contribution in [2.45, 2.75) is 19.9 Å². The Bertz CT molecular complexity index is 423. The Hall–Kier alpha value is -1.57. The van der Waals surface area contributed by atoms with Crippen LogP contribution in [0.1, 0.15) is 29.8 Å². The van der Waals surface area contributed by atoms with Crippen molar-refractivity contribution in [1.82, 2.24) is 5.32 Å². The first-order chi connectivity index (χ1) is 8.04. The summed E-state index contributed by atoms with van der Waals surface area (Å²) >= 11 is 0. The fraction of sp³-hybridized carbons (Fsp3) is 0.385. The molecule has 0 heterocycles. The Kier molecular flexibility index (Phi) is 7.03. The quantitative estimate of drug-likeness (QED) is 0.871. The van der Waals surface area contributed by atoms with Crippen LogP contribution >= 0.6 is 12.4 Å². The maximum atomic E-state index is 11.7. The number of carbonyl (C=O) groups is 1. The van der Waals surface area contributed by atoms with Crippen molar-refractivity contribution in [3.05, 3.63) is 35.4 Å². The highest BCUT2D eigenvalue weighted by Crippen LogP contribution is 2.03. The first kappa shape index (κ1) is 16.4. The number of nitrogens with two attached hydrogens (primary N) is 1. The molecular weight excluding hydrogens is 250 g/mol. The number of nitrogens with one attached hydrogen (secondary N) is 1. The summed E-state index contributed by atoms with van der Waals surface area (Å²) in [5.74, 6) is 0.168. The lowest BCUT2D eigenvalue weighted by molar-refractivity contribution is 0.0949. The standard InChI is InChI=1S/C13H17N3O.ClH/c1-9(2)12(15)8-16-13(17)11-5-3-10(7-14)4-6-11;/h3-6,9,12H,8,15H2,1-2H3,(H,16,17);1H/t12-;/m0./s1. The third kappa shape index (κ3) is 4.74. The van der Waals surface area contributed by atoms with Crippen LogP contribution in [-0.4, -0.2) is 18.5 Å². The maximum absolute atomic E-state index is 11.7. The minimum absolute atomic E-state index is 0. The highest BCUT2D eigenvalue weighted by atomic mass is 35.5. The molecule has 0 aliphatic rings. The molecule has 1 amide bonds. The second-order valence-electron chi connectivity index (χ2n) is 4.31. The van der Waals surface area contributed by atoms with E-state index in [1.54, 1.807) is 24.3 Å². The molecule has 0 aromatic heterocycles. The molecule has 18 heavy (non-hydrogen) atoms. The topological polar surface area (TPSA) is 78.9 Å². The lowest BCUT2D eigenvalue weighted by atomic mass is 10.1. The van der Waals surface area contributed by atoms with Gasteiger partial charge >= 0.3 is 0 Å². The van der Waals surface area contributed by atoms with Gasteiger partial charge in [-0.05, 0) is 30.2 Å². The predicted molar refractivity (Wildman–Crippen MR) is 73.6 cm³/mol. The molecule has 0 spiro atoms.